The molecule has 1 saturated heterocycles. The Morgan fingerprint density at radius 1 is 0.970 bits per heavy atom. The van der Waals surface area contributed by atoms with Gasteiger partial charge >= 0.3 is 236 Å². The first-order valence-electron chi connectivity index (χ1n) is 12.8. The van der Waals surface area contributed by atoms with Crippen LogP contribution in [0.2, 0.25) is 0 Å². The maximum absolute atomic E-state index is 11.3. The maximum atomic E-state index is 11.3. The SMILES string of the molecule is [10BH-][10BH][10B]([10BH2])[10B]=[S+](CCCCCCCC)([10B]([10B]([10BH2])[10BH2])[10B]([10BH2])[10BH2])C1C(O)OC(CO)C(O)C1O.[Na+]. The van der Waals surface area contributed by atoms with Crippen molar-refractivity contribution < 1.29 is 54.7 Å². The van der Waals surface area contributed by atoms with Gasteiger partial charge in [-0.05, 0) is 0 Å². The third-order valence-corrected chi connectivity index (χ3v) is 12.6. The fourth-order valence-electron chi connectivity index (χ4n) is 5.67. The summed E-state index contributed by atoms with van der Waals surface area (Å²) in [6.07, 6.45) is 3.48. The van der Waals surface area contributed by atoms with E-state index in [2.05, 4.69) is 59.4 Å². The van der Waals surface area contributed by atoms with Crippen molar-refractivity contribution in [1.82, 2.24) is 0 Å². The monoisotopic (exact) mass is 463 g/mol. The summed E-state index contributed by atoms with van der Waals surface area (Å²) in [4.78, 5) is 0. The molecule has 0 aromatic rings. The van der Waals surface area contributed by atoms with Crippen LogP contribution in [-0.2, 0) is 14.0 Å². The minimum absolute atomic E-state index is 0. The molecule has 19 heteroatoms. The average Bonchev–Trinajstić information content (AvgIpc) is 2.72. The molecular formula is C14H40B12NaO5S+. The van der Waals surface area contributed by atoms with Gasteiger partial charge in [0.05, 0.1) is 0 Å². The fourth-order valence-corrected chi connectivity index (χ4v) is 12.0. The second-order valence-electron chi connectivity index (χ2n) is 10.4. The first-order chi connectivity index (χ1) is 15.1. The Labute approximate surface area is 234 Å². The van der Waals surface area contributed by atoms with Crippen LogP contribution in [0.4, 0.5) is 0 Å². The van der Waals surface area contributed by atoms with Crippen molar-refractivity contribution in [2.75, 3.05) is 12.4 Å². The van der Waals surface area contributed by atoms with E-state index in [1.54, 1.807) is 0 Å². The minimum Gasteiger partial charge on any atom is 1.00 e. The van der Waals surface area contributed by atoms with Crippen molar-refractivity contribution in [3.63, 3.8) is 0 Å². The first kappa shape index (κ1) is 34.9. The second kappa shape index (κ2) is 17.4. The van der Waals surface area contributed by atoms with Crippen molar-refractivity contribution >= 4 is 93.8 Å². The Morgan fingerprint density at radius 3 is 2.00 bits per heavy atom. The first-order valence-corrected chi connectivity index (χ1v) is 14.8. The van der Waals surface area contributed by atoms with Gasteiger partial charge in [-0.3, -0.25) is 0 Å². The summed E-state index contributed by atoms with van der Waals surface area (Å²) >= 11 is 0. The van der Waals surface area contributed by atoms with Gasteiger partial charge in [0.15, 0.2) is 0 Å². The topological polar surface area (TPSA) is 90.2 Å². The van der Waals surface area contributed by atoms with E-state index in [1.165, 1.54) is 25.7 Å². The largest absolute Gasteiger partial charge is 1.00 e. The predicted molar refractivity (Wildman–Crippen MR) is 165 cm³/mol. The molecule has 0 spiro atoms. The van der Waals surface area contributed by atoms with Gasteiger partial charge in [-0.2, -0.15) is 0 Å². The molecule has 0 amide bonds. The van der Waals surface area contributed by atoms with Crippen LogP contribution >= 0.6 is 0 Å². The molecule has 33 heavy (non-hydrogen) atoms. The van der Waals surface area contributed by atoms with E-state index in [9.17, 15) is 20.4 Å². The van der Waals surface area contributed by atoms with E-state index in [4.69, 9.17) is 4.74 Å². The molecule has 1 fully saturated rings. The van der Waals surface area contributed by atoms with Gasteiger partial charge in [-0.15, -0.1) is 0 Å². The van der Waals surface area contributed by atoms with Crippen molar-refractivity contribution in [2.24, 2.45) is 0 Å². The number of hydrogen-bond acceptors (Lipinski definition) is 5. The summed E-state index contributed by atoms with van der Waals surface area (Å²) in [5.41, 5.74) is 0. The smallest absolute Gasteiger partial charge is 1.00 e. The molecule has 1 aliphatic heterocycles. The van der Waals surface area contributed by atoms with Gasteiger partial charge < -0.3 is 0 Å². The molecule has 0 aromatic carbocycles. The molecule has 0 bridgehead atoms. The minimum atomic E-state index is -1.74. The van der Waals surface area contributed by atoms with Crippen LogP contribution in [0, 0.1) is 0 Å². The molecule has 0 aliphatic carbocycles. The summed E-state index contributed by atoms with van der Waals surface area (Å²) in [5, 5.41) is 42.2. The zero-order valence-electron chi connectivity index (χ0n) is 22.4. The molecule has 4 N–H and O–H groups in total. The van der Waals surface area contributed by atoms with Crippen LogP contribution in [0.15, 0.2) is 0 Å². The van der Waals surface area contributed by atoms with Crippen LogP contribution in [0.3, 0.4) is 0 Å². The molecule has 0 aromatic heterocycles. The third-order valence-electron chi connectivity index (χ3n) is 6.96. The molecule has 1 aliphatic rings. The quantitative estimate of drug-likeness (QED) is 0.117. The van der Waals surface area contributed by atoms with Crippen LogP contribution in [0.5, 0.6) is 0 Å². The third kappa shape index (κ3) is 9.63. The summed E-state index contributed by atoms with van der Waals surface area (Å²) in [7, 11) is 14.2. The molecule has 5 nitrogen and oxygen atoms in total. The molecule has 6 unspecified atom stereocenters. The van der Waals surface area contributed by atoms with Crippen molar-refractivity contribution in [2.45, 2.75) is 75.3 Å². The van der Waals surface area contributed by atoms with E-state index in [0.29, 0.717) is 12.8 Å². The van der Waals surface area contributed by atoms with Gasteiger partial charge in [-0.1, -0.05) is 0 Å². The molecule has 168 valence electrons. The van der Waals surface area contributed by atoms with Gasteiger partial charge in [0, 0.05) is 0 Å². The molecular weight excluding hydrogens is 423 g/mol. The van der Waals surface area contributed by atoms with Crippen molar-refractivity contribution in [3.8, 4) is 0 Å². The average molecular weight is 464 g/mol. The van der Waals surface area contributed by atoms with Crippen LogP contribution in [-0.4, -0.2) is 147 Å². The zero-order valence-corrected chi connectivity index (χ0v) is 25.3. The molecule has 6 atom stereocenters. The van der Waals surface area contributed by atoms with E-state index in [1.807, 2.05) is 0 Å². The Hall–Kier alpha value is 1.93. The number of aliphatic hydroxyl groups excluding tert-OH is 4. The number of hydrogen-bond donors (Lipinski definition) is 4. The van der Waals surface area contributed by atoms with E-state index < -0.39 is 45.8 Å². The summed E-state index contributed by atoms with van der Waals surface area (Å²) in [6.45, 7) is 1.79. The number of aliphatic hydroxyl groups is 4. The fraction of sp³-hybridized carbons (Fsp3) is 1.00. The Balaban J connectivity index is 0.0000102. The molecule has 1 rings (SSSR count). The number of unbranched alkanes of at least 4 members (excludes halogenated alkanes) is 5. The van der Waals surface area contributed by atoms with Crippen molar-refractivity contribution in [1.29, 1.82) is 0 Å². The summed E-state index contributed by atoms with van der Waals surface area (Å²) in [5.74, 6) is 1.17. The van der Waals surface area contributed by atoms with Gasteiger partial charge in [0.25, 0.3) is 0 Å². The summed E-state index contributed by atoms with van der Waals surface area (Å²) < 4.78 is 5.70. The maximum Gasteiger partial charge on any atom is 1.00 e. The van der Waals surface area contributed by atoms with Crippen LogP contribution in [0.1, 0.15) is 45.4 Å². The Morgan fingerprint density at radius 2 is 1.52 bits per heavy atom. The van der Waals surface area contributed by atoms with Crippen LogP contribution < -0.4 is 29.6 Å². The Bertz CT molecular complexity index is 589. The standard InChI is InChI=1S/C14H40B12O5S.Na/c1-2-3-4-5-6-7-8-32(22-25(20)21-15,26(23(16)17)24(18)19)13-12(29)11(28)10(9-27)31-14(13)30;/h10-15,21,27-30H,2-9,16-20H2,1H3;/q;+1/i15-1,16-1,17-1,18-1,19-1,20-1,21-1,22-1,23-1,24-1,25-1,26-1;. The molecule has 2 radical (unpaired) electrons. The zero-order chi connectivity index (χ0) is 24.5. The second-order valence-corrected chi connectivity index (χ2v) is 14.0. The van der Waals surface area contributed by atoms with Gasteiger partial charge in [0.1, 0.15) is 0 Å². The van der Waals surface area contributed by atoms with E-state index in [0.717, 1.165) is 25.7 Å². The van der Waals surface area contributed by atoms with Gasteiger partial charge in [-0.25, -0.2) is 0 Å². The number of rotatable bonds is 14. The van der Waals surface area contributed by atoms with Gasteiger partial charge in [0.2, 0.25) is 0 Å². The normalized spacial score (nSPS) is 26.3. The predicted octanol–water partition coefficient (Wildman–Crippen LogP) is -10.5. The Kier molecular flexibility index (Phi) is 18.5. The van der Waals surface area contributed by atoms with Crippen LogP contribution in [0.25, 0.3) is 0 Å². The molecule has 1 heterocycles. The van der Waals surface area contributed by atoms with E-state index >= 15 is 0 Å². The summed E-state index contributed by atoms with van der Waals surface area (Å²) in [6, 6.07) is 2.39. The molecule has 0 saturated carbocycles. The van der Waals surface area contributed by atoms with E-state index in [-0.39, 0.29) is 41.7 Å². The van der Waals surface area contributed by atoms with Crippen molar-refractivity contribution in [3.05, 3.63) is 0 Å². The number of ether oxygens (including phenoxy) is 1.